The zero-order valence-corrected chi connectivity index (χ0v) is 13.8. The van der Waals surface area contributed by atoms with E-state index in [1.54, 1.807) is 7.11 Å². The number of hydrogen-bond donors (Lipinski definition) is 1. The summed E-state index contributed by atoms with van der Waals surface area (Å²) in [7, 11) is 1.54. The SMILES string of the molecule is COc1cnc(C(=O)N2CCCC2C2CC(C)CCC2O)nc1. The molecule has 2 fully saturated rings. The number of ether oxygens (including phenoxy) is 1. The third kappa shape index (κ3) is 3.32. The van der Waals surface area contributed by atoms with Gasteiger partial charge in [0.05, 0.1) is 25.6 Å². The van der Waals surface area contributed by atoms with Crippen molar-refractivity contribution in [1.82, 2.24) is 14.9 Å². The quantitative estimate of drug-likeness (QED) is 0.921. The van der Waals surface area contributed by atoms with Crippen LogP contribution in [-0.2, 0) is 0 Å². The fourth-order valence-corrected chi connectivity index (χ4v) is 3.97. The molecule has 1 N–H and O–H groups in total. The predicted octanol–water partition coefficient (Wildman–Crippen LogP) is 1.89. The highest BCUT2D eigenvalue weighted by Crippen LogP contribution is 2.37. The molecule has 1 aromatic rings. The van der Waals surface area contributed by atoms with Gasteiger partial charge in [0, 0.05) is 18.5 Å². The summed E-state index contributed by atoms with van der Waals surface area (Å²) in [5, 5.41) is 10.4. The fraction of sp³-hybridized carbons (Fsp3) is 0.706. The lowest BCUT2D eigenvalue weighted by molar-refractivity contribution is 0.00824. The van der Waals surface area contributed by atoms with Crippen molar-refractivity contribution in [3.8, 4) is 5.75 Å². The number of carbonyl (C=O) groups is 1. The number of methoxy groups -OCH3 is 1. The average Bonchev–Trinajstić information content (AvgIpc) is 3.06. The summed E-state index contributed by atoms with van der Waals surface area (Å²) in [5.41, 5.74) is 0. The van der Waals surface area contributed by atoms with Gasteiger partial charge in [-0.15, -0.1) is 0 Å². The standard InChI is InChI=1S/C17H25N3O3/c1-11-5-6-15(21)13(8-11)14-4-3-7-20(14)17(22)16-18-9-12(23-2)10-19-16/h9-11,13-15,21H,3-8H2,1-2H3. The van der Waals surface area contributed by atoms with Gasteiger partial charge in [0.2, 0.25) is 5.82 Å². The Balaban J connectivity index is 1.76. The normalized spacial score (nSPS) is 31.2. The highest BCUT2D eigenvalue weighted by atomic mass is 16.5. The molecule has 1 saturated heterocycles. The Hall–Kier alpha value is -1.69. The monoisotopic (exact) mass is 319 g/mol. The molecule has 1 aliphatic heterocycles. The molecule has 0 bridgehead atoms. The smallest absolute Gasteiger partial charge is 0.291 e. The van der Waals surface area contributed by atoms with Gasteiger partial charge in [-0.2, -0.15) is 0 Å². The maximum Gasteiger partial charge on any atom is 0.291 e. The summed E-state index contributed by atoms with van der Waals surface area (Å²) in [4.78, 5) is 22.9. The zero-order chi connectivity index (χ0) is 16.4. The molecule has 0 radical (unpaired) electrons. The molecule has 4 unspecified atom stereocenters. The minimum absolute atomic E-state index is 0.103. The van der Waals surface area contributed by atoms with E-state index in [9.17, 15) is 9.90 Å². The molecule has 1 aromatic heterocycles. The first-order chi connectivity index (χ1) is 11.1. The molecule has 2 heterocycles. The van der Waals surface area contributed by atoms with Gasteiger partial charge >= 0.3 is 0 Å². The van der Waals surface area contributed by atoms with Crippen molar-refractivity contribution in [1.29, 1.82) is 0 Å². The Morgan fingerprint density at radius 1 is 1.30 bits per heavy atom. The van der Waals surface area contributed by atoms with E-state index in [4.69, 9.17) is 4.74 Å². The summed E-state index contributed by atoms with van der Waals surface area (Å²) < 4.78 is 5.03. The van der Waals surface area contributed by atoms with Gasteiger partial charge in [0.25, 0.3) is 5.91 Å². The van der Waals surface area contributed by atoms with E-state index < -0.39 is 0 Å². The highest BCUT2D eigenvalue weighted by molar-refractivity contribution is 5.90. The summed E-state index contributed by atoms with van der Waals surface area (Å²) in [6.07, 6.45) is 7.55. The predicted molar refractivity (Wildman–Crippen MR) is 85.2 cm³/mol. The van der Waals surface area contributed by atoms with Gasteiger partial charge in [-0.05, 0) is 38.0 Å². The van der Waals surface area contributed by atoms with E-state index in [0.29, 0.717) is 11.7 Å². The number of aliphatic hydroxyl groups is 1. The van der Waals surface area contributed by atoms with Gasteiger partial charge in [-0.3, -0.25) is 4.79 Å². The van der Waals surface area contributed by atoms with Crippen LogP contribution in [0.25, 0.3) is 0 Å². The summed E-state index contributed by atoms with van der Waals surface area (Å²) in [6, 6.07) is 0.103. The fourth-order valence-electron chi connectivity index (χ4n) is 3.97. The molecule has 2 aliphatic rings. The van der Waals surface area contributed by atoms with Crippen molar-refractivity contribution in [2.24, 2.45) is 11.8 Å². The molecule has 4 atom stereocenters. The maximum atomic E-state index is 12.8. The van der Waals surface area contributed by atoms with Crippen LogP contribution in [0.15, 0.2) is 12.4 Å². The van der Waals surface area contributed by atoms with E-state index in [1.165, 1.54) is 12.4 Å². The molecule has 1 amide bonds. The molecule has 6 nitrogen and oxygen atoms in total. The van der Waals surface area contributed by atoms with E-state index in [2.05, 4.69) is 16.9 Å². The maximum absolute atomic E-state index is 12.8. The van der Waals surface area contributed by atoms with Crippen LogP contribution in [0.4, 0.5) is 0 Å². The minimum Gasteiger partial charge on any atom is -0.494 e. The molecule has 3 rings (SSSR count). The first-order valence-corrected chi connectivity index (χ1v) is 8.45. The third-order valence-corrected chi connectivity index (χ3v) is 5.23. The Bertz CT molecular complexity index is 549. The first-order valence-electron chi connectivity index (χ1n) is 8.45. The third-order valence-electron chi connectivity index (χ3n) is 5.23. The van der Waals surface area contributed by atoms with Crippen LogP contribution in [0.1, 0.15) is 49.6 Å². The van der Waals surface area contributed by atoms with Crippen LogP contribution < -0.4 is 4.74 Å². The second-order valence-corrected chi connectivity index (χ2v) is 6.80. The largest absolute Gasteiger partial charge is 0.494 e. The topological polar surface area (TPSA) is 75.5 Å². The van der Waals surface area contributed by atoms with Gasteiger partial charge in [-0.25, -0.2) is 9.97 Å². The van der Waals surface area contributed by atoms with Crippen molar-refractivity contribution < 1.29 is 14.6 Å². The van der Waals surface area contributed by atoms with E-state index >= 15 is 0 Å². The molecule has 23 heavy (non-hydrogen) atoms. The Labute approximate surface area is 136 Å². The Morgan fingerprint density at radius 3 is 2.74 bits per heavy atom. The van der Waals surface area contributed by atoms with Crippen LogP contribution in [0.3, 0.4) is 0 Å². The van der Waals surface area contributed by atoms with E-state index in [1.807, 2.05) is 4.90 Å². The average molecular weight is 319 g/mol. The van der Waals surface area contributed by atoms with Crippen molar-refractivity contribution in [2.45, 2.75) is 51.2 Å². The lowest BCUT2D eigenvalue weighted by Gasteiger charge is -2.39. The van der Waals surface area contributed by atoms with Gasteiger partial charge in [0.1, 0.15) is 0 Å². The molecule has 126 valence electrons. The number of likely N-dealkylation sites (tertiary alicyclic amines) is 1. The van der Waals surface area contributed by atoms with Crippen molar-refractivity contribution in [3.05, 3.63) is 18.2 Å². The summed E-state index contributed by atoms with van der Waals surface area (Å²) >= 11 is 0. The molecule has 0 aromatic carbocycles. The van der Waals surface area contributed by atoms with Crippen LogP contribution in [0.2, 0.25) is 0 Å². The number of aliphatic hydroxyl groups excluding tert-OH is 1. The number of rotatable bonds is 3. The molecule has 6 heteroatoms. The lowest BCUT2D eigenvalue weighted by atomic mass is 9.76. The van der Waals surface area contributed by atoms with Crippen molar-refractivity contribution in [2.75, 3.05) is 13.7 Å². The zero-order valence-electron chi connectivity index (χ0n) is 13.8. The van der Waals surface area contributed by atoms with Crippen LogP contribution in [0, 0.1) is 11.8 Å². The summed E-state index contributed by atoms with van der Waals surface area (Å²) in [6.45, 7) is 2.95. The number of hydrogen-bond acceptors (Lipinski definition) is 5. The number of carbonyl (C=O) groups excluding carboxylic acids is 1. The Kier molecular flexibility index (Phi) is 4.80. The van der Waals surface area contributed by atoms with Crippen molar-refractivity contribution in [3.63, 3.8) is 0 Å². The minimum atomic E-state index is -0.304. The highest BCUT2D eigenvalue weighted by Gasteiger charge is 2.41. The summed E-state index contributed by atoms with van der Waals surface area (Å²) in [5.74, 6) is 1.38. The number of aromatic nitrogens is 2. The number of amides is 1. The van der Waals surface area contributed by atoms with Gasteiger partial charge < -0.3 is 14.7 Å². The number of nitrogens with zero attached hydrogens (tertiary/aromatic N) is 3. The molecule has 1 aliphatic carbocycles. The molecule has 0 spiro atoms. The Morgan fingerprint density at radius 2 is 2.04 bits per heavy atom. The van der Waals surface area contributed by atoms with E-state index in [-0.39, 0.29) is 29.8 Å². The second kappa shape index (κ2) is 6.83. The van der Waals surface area contributed by atoms with Crippen molar-refractivity contribution >= 4 is 5.91 Å². The molecular formula is C17H25N3O3. The van der Waals surface area contributed by atoms with Crippen LogP contribution >= 0.6 is 0 Å². The van der Waals surface area contributed by atoms with Crippen LogP contribution in [-0.4, -0.2) is 51.7 Å². The molecular weight excluding hydrogens is 294 g/mol. The second-order valence-electron chi connectivity index (χ2n) is 6.80. The van der Waals surface area contributed by atoms with Gasteiger partial charge in [-0.1, -0.05) is 6.92 Å². The van der Waals surface area contributed by atoms with E-state index in [0.717, 1.165) is 38.6 Å². The lowest BCUT2D eigenvalue weighted by Crippen LogP contribution is -2.46. The first kappa shape index (κ1) is 16.2. The van der Waals surface area contributed by atoms with Crippen LogP contribution in [0.5, 0.6) is 5.75 Å². The molecule has 1 saturated carbocycles. The van der Waals surface area contributed by atoms with Gasteiger partial charge in [0.15, 0.2) is 5.75 Å².